The monoisotopic (exact) mass is 282 g/mol. The normalized spacial score (nSPS) is 47.0. The second-order valence-corrected chi connectivity index (χ2v) is 6.99. The molecule has 20 heavy (non-hydrogen) atoms. The van der Waals surface area contributed by atoms with E-state index < -0.39 is 23.8 Å². The first-order valence-electron chi connectivity index (χ1n) is 7.29. The molecule has 5 atom stereocenters. The quantitative estimate of drug-likeness (QED) is 0.757. The van der Waals surface area contributed by atoms with Crippen molar-refractivity contribution in [2.45, 2.75) is 57.8 Å². The van der Waals surface area contributed by atoms with E-state index in [0.717, 1.165) is 12.8 Å². The lowest BCUT2D eigenvalue weighted by Crippen LogP contribution is -2.60. The van der Waals surface area contributed by atoms with Gasteiger partial charge in [-0.25, -0.2) is 14.6 Å². The molecule has 0 amide bonds. The third-order valence-electron chi connectivity index (χ3n) is 5.61. The van der Waals surface area contributed by atoms with E-state index in [4.69, 9.17) is 9.78 Å². The molecule has 2 bridgehead atoms. The Morgan fingerprint density at radius 2 is 2.20 bits per heavy atom. The minimum absolute atomic E-state index is 0.118. The first-order valence-corrected chi connectivity index (χ1v) is 7.29. The molecular formula is C15H22O5. The molecule has 4 rings (SSSR count). The second kappa shape index (κ2) is 4.29. The summed E-state index contributed by atoms with van der Waals surface area (Å²) in [5.41, 5.74) is -0.958. The van der Waals surface area contributed by atoms with Crippen LogP contribution in [0.3, 0.4) is 0 Å². The Balaban J connectivity index is 2.12. The average Bonchev–Trinajstić information content (AvgIpc) is 2.55. The average molecular weight is 282 g/mol. The van der Waals surface area contributed by atoms with Crippen LogP contribution in [0.25, 0.3) is 0 Å². The molecule has 0 radical (unpaired) electrons. The third-order valence-corrected chi connectivity index (χ3v) is 5.61. The zero-order valence-electron chi connectivity index (χ0n) is 12.1. The molecular weight excluding hydrogens is 260 g/mol. The predicted octanol–water partition coefficient (Wildman–Crippen LogP) is 1.90. The highest BCUT2D eigenvalue weighted by Crippen LogP contribution is 2.62. The maximum atomic E-state index is 11.4. The summed E-state index contributed by atoms with van der Waals surface area (Å²) in [6.07, 6.45) is 2.39. The van der Waals surface area contributed by atoms with Crippen molar-refractivity contribution in [3.63, 3.8) is 0 Å². The number of aliphatic hydroxyl groups excluding tert-OH is 1. The van der Waals surface area contributed by atoms with Crippen molar-refractivity contribution in [1.29, 1.82) is 0 Å². The van der Waals surface area contributed by atoms with E-state index in [-0.39, 0.29) is 16.9 Å². The fourth-order valence-electron chi connectivity index (χ4n) is 4.56. The Morgan fingerprint density at radius 3 is 2.80 bits per heavy atom. The zero-order valence-corrected chi connectivity index (χ0v) is 12.1. The van der Waals surface area contributed by atoms with Crippen molar-refractivity contribution in [3.8, 4) is 0 Å². The van der Waals surface area contributed by atoms with E-state index in [9.17, 15) is 15.0 Å². The molecule has 2 aliphatic carbocycles. The Kier molecular flexibility index (Phi) is 3.01. The van der Waals surface area contributed by atoms with Gasteiger partial charge >= 0.3 is 5.97 Å². The molecule has 5 unspecified atom stereocenters. The number of aliphatic hydroxyl groups is 1. The van der Waals surface area contributed by atoms with E-state index >= 15 is 0 Å². The number of carboxylic acids is 1. The zero-order chi connectivity index (χ0) is 14.7. The summed E-state index contributed by atoms with van der Waals surface area (Å²) in [6.45, 7) is 6.31. The highest BCUT2D eigenvalue weighted by molar-refractivity contribution is 5.88. The Labute approximate surface area is 118 Å². The van der Waals surface area contributed by atoms with Crippen LogP contribution in [-0.4, -0.2) is 34.0 Å². The van der Waals surface area contributed by atoms with Crippen LogP contribution in [0.1, 0.15) is 40.0 Å². The minimum atomic E-state index is -1.04. The number of fused-ring (bicyclic) bond motifs is 2. The van der Waals surface area contributed by atoms with E-state index in [1.165, 1.54) is 6.08 Å². The van der Waals surface area contributed by atoms with E-state index in [2.05, 4.69) is 20.8 Å². The lowest BCUT2D eigenvalue weighted by Gasteiger charge is -2.51. The van der Waals surface area contributed by atoms with Crippen LogP contribution >= 0.6 is 0 Å². The van der Waals surface area contributed by atoms with Crippen molar-refractivity contribution < 1.29 is 24.8 Å². The van der Waals surface area contributed by atoms with Gasteiger partial charge in [-0.2, -0.15) is 0 Å². The number of carboxylic acid groups (broad SMARTS) is 1. The summed E-state index contributed by atoms with van der Waals surface area (Å²) in [7, 11) is 0. The lowest BCUT2D eigenvalue weighted by atomic mass is 9.65. The Morgan fingerprint density at radius 1 is 1.50 bits per heavy atom. The standard InChI is InChI=1S/C15H22O5/c1-8(2)10-4-5-14(3)7-11-9(13(17)18)6-12(16)15(10,14)20-19-11/h6,8,10-12,16H,4-5,7H2,1-3H3,(H,17,18). The second-order valence-electron chi connectivity index (χ2n) is 6.99. The molecule has 5 heteroatoms. The van der Waals surface area contributed by atoms with Gasteiger partial charge in [0.05, 0.1) is 5.57 Å². The molecule has 112 valence electrons. The highest BCUT2D eigenvalue weighted by Gasteiger charge is 2.68. The molecule has 4 aliphatic rings. The smallest absolute Gasteiger partial charge is 0.334 e. The molecule has 0 aromatic rings. The number of carbonyl (C=O) groups is 1. The topological polar surface area (TPSA) is 76.0 Å². The number of aliphatic carboxylic acids is 1. The molecule has 5 nitrogen and oxygen atoms in total. The maximum Gasteiger partial charge on any atom is 0.334 e. The summed E-state index contributed by atoms with van der Waals surface area (Å²) >= 11 is 0. The number of hydrogen-bond acceptors (Lipinski definition) is 4. The van der Waals surface area contributed by atoms with Crippen LogP contribution < -0.4 is 0 Å². The van der Waals surface area contributed by atoms with Gasteiger partial charge in [0.25, 0.3) is 0 Å². The van der Waals surface area contributed by atoms with Gasteiger partial charge in [-0.3, -0.25) is 0 Å². The van der Waals surface area contributed by atoms with Crippen molar-refractivity contribution >= 4 is 5.97 Å². The van der Waals surface area contributed by atoms with E-state index in [1.54, 1.807) is 0 Å². The van der Waals surface area contributed by atoms with E-state index in [1.807, 2.05) is 0 Å². The van der Waals surface area contributed by atoms with Gasteiger partial charge in [-0.15, -0.1) is 0 Å². The molecule has 0 aromatic carbocycles. The van der Waals surface area contributed by atoms with Crippen molar-refractivity contribution in [2.24, 2.45) is 17.3 Å². The third kappa shape index (κ3) is 1.57. The lowest BCUT2D eigenvalue weighted by molar-refractivity contribution is -0.445. The molecule has 2 fully saturated rings. The SMILES string of the molecule is CC(C)C1CCC2(C)CC3OOC12C(O)C=C3C(=O)O. The largest absolute Gasteiger partial charge is 0.478 e. The first kappa shape index (κ1) is 14.0. The minimum Gasteiger partial charge on any atom is -0.478 e. The van der Waals surface area contributed by atoms with Crippen LogP contribution in [0.4, 0.5) is 0 Å². The van der Waals surface area contributed by atoms with Crippen LogP contribution in [0, 0.1) is 17.3 Å². The summed E-state index contributed by atoms with van der Waals surface area (Å²) in [5.74, 6) is -0.543. The van der Waals surface area contributed by atoms with Crippen LogP contribution in [0.2, 0.25) is 0 Å². The molecule has 2 aliphatic heterocycles. The fraction of sp³-hybridized carbons (Fsp3) is 0.800. The van der Waals surface area contributed by atoms with Crippen molar-refractivity contribution in [2.75, 3.05) is 0 Å². The Bertz CT molecular complexity index is 471. The number of rotatable bonds is 2. The first-order chi connectivity index (χ1) is 9.32. The molecule has 1 saturated carbocycles. The molecule has 1 saturated heterocycles. The summed E-state index contributed by atoms with van der Waals surface area (Å²) in [6, 6.07) is 0. The molecule has 1 spiro atoms. The van der Waals surface area contributed by atoms with Gasteiger partial charge in [0, 0.05) is 5.41 Å². The summed E-state index contributed by atoms with van der Waals surface area (Å²) in [4.78, 5) is 22.5. The van der Waals surface area contributed by atoms with Gasteiger partial charge < -0.3 is 10.2 Å². The van der Waals surface area contributed by atoms with Gasteiger partial charge in [-0.1, -0.05) is 20.8 Å². The van der Waals surface area contributed by atoms with Crippen molar-refractivity contribution in [1.82, 2.24) is 0 Å². The fourth-order valence-corrected chi connectivity index (χ4v) is 4.56. The summed E-state index contributed by atoms with van der Waals surface area (Å²) < 4.78 is 0. The highest BCUT2D eigenvalue weighted by atomic mass is 17.2. The van der Waals surface area contributed by atoms with Crippen LogP contribution in [-0.2, 0) is 14.6 Å². The van der Waals surface area contributed by atoms with Gasteiger partial charge in [0.15, 0.2) is 0 Å². The predicted molar refractivity (Wildman–Crippen MR) is 70.7 cm³/mol. The number of hydrogen-bond donors (Lipinski definition) is 2. The van der Waals surface area contributed by atoms with Crippen LogP contribution in [0.15, 0.2) is 11.6 Å². The summed E-state index contributed by atoms with van der Waals surface area (Å²) in [5, 5.41) is 20.0. The van der Waals surface area contributed by atoms with Gasteiger partial charge in [0.2, 0.25) is 0 Å². The van der Waals surface area contributed by atoms with Gasteiger partial charge in [0.1, 0.15) is 17.8 Å². The Hall–Kier alpha value is -0.910. The van der Waals surface area contributed by atoms with Gasteiger partial charge in [-0.05, 0) is 37.2 Å². The van der Waals surface area contributed by atoms with E-state index in [0.29, 0.717) is 12.3 Å². The molecule has 2 heterocycles. The molecule has 0 aromatic heterocycles. The maximum absolute atomic E-state index is 11.4. The van der Waals surface area contributed by atoms with Crippen molar-refractivity contribution in [3.05, 3.63) is 11.6 Å². The molecule has 2 N–H and O–H groups in total. The van der Waals surface area contributed by atoms with Crippen LogP contribution in [0.5, 0.6) is 0 Å².